The quantitative estimate of drug-likeness (QED) is 0.470. The fourth-order valence-corrected chi connectivity index (χ4v) is 2.49. The lowest BCUT2D eigenvalue weighted by Crippen LogP contribution is -2.16. The summed E-state index contributed by atoms with van der Waals surface area (Å²) < 4.78 is 0. The smallest absolute Gasteiger partial charge is 0.0635 e. The molecule has 0 heterocycles. The van der Waals surface area contributed by atoms with Crippen LogP contribution >= 0.6 is 0 Å². The van der Waals surface area contributed by atoms with Gasteiger partial charge in [0.15, 0.2) is 0 Å². The third-order valence-corrected chi connectivity index (χ3v) is 3.94. The van der Waals surface area contributed by atoms with E-state index in [0.29, 0.717) is 25.9 Å². The summed E-state index contributed by atoms with van der Waals surface area (Å²) in [6.07, 6.45) is 1.07. The number of nitriles is 2. The second-order valence-corrected chi connectivity index (χ2v) is 6.22. The van der Waals surface area contributed by atoms with Gasteiger partial charge in [-0.15, -0.1) is 0 Å². The minimum Gasteiger partial charge on any atom is -0.326 e. The van der Waals surface area contributed by atoms with Gasteiger partial charge in [0, 0.05) is 52.1 Å². The second-order valence-electron chi connectivity index (χ2n) is 6.22. The van der Waals surface area contributed by atoms with E-state index in [0.717, 1.165) is 37.3 Å². The molecule has 0 fully saturated rings. The predicted molar refractivity (Wildman–Crippen MR) is 113 cm³/mol. The molecule has 0 saturated heterocycles. The summed E-state index contributed by atoms with van der Waals surface area (Å²) in [6.45, 7) is 4.20. The third-order valence-electron chi connectivity index (χ3n) is 3.94. The molecular formula is C22H30N6. The van der Waals surface area contributed by atoms with Crippen LogP contribution in [-0.4, -0.2) is 13.1 Å². The first-order valence-electron chi connectivity index (χ1n) is 9.44. The molecule has 0 saturated carbocycles. The number of nitrogens with zero attached hydrogens (tertiary/aromatic N) is 2. The molecule has 0 spiro atoms. The lowest BCUT2D eigenvalue weighted by Gasteiger charge is -2.06. The number of hydrogen-bond acceptors (Lipinski definition) is 6. The molecule has 6 N–H and O–H groups in total. The molecule has 0 aliphatic rings. The van der Waals surface area contributed by atoms with Crippen LogP contribution in [0.3, 0.4) is 0 Å². The Bertz CT molecular complexity index is 704. The molecule has 2 rings (SSSR count). The van der Waals surface area contributed by atoms with Crippen molar-refractivity contribution in [3.63, 3.8) is 0 Å². The molecule has 0 atom stereocenters. The summed E-state index contributed by atoms with van der Waals surface area (Å²) >= 11 is 0. The molecule has 148 valence electrons. The Labute approximate surface area is 168 Å². The van der Waals surface area contributed by atoms with Gasteiger partial charge in [0.1, 0.15) is 0 Å². The normalized spacial score (nSPS) is 9.71. The van der Waals surface area contributed by atoms with E-state index in [4.69, 9.17) is 22.0 Å². The first kappa shape index (κ1) is 23.3. The maximum Gasteiger partial charge on any atom is 0.0635 e. The lowest BCUT2D eigenvalue weighted by atomic mass is 10.1. The van der Waals surface area contributed by atoms with Crippen LogP contribution in [0.5, 0.6) is 0 Å². The number of hydrogen-bond donors (Lipinski definition) is 4. The molecule has 0 unspecified atom stereocenters. The molecule has 0 bridgehead atoms. The highest BCUT2D eigenvalue weighted by atomic mass is 14.9. The van der Waals surface area contributed by atoms with Crippen LogP contribution in [0.15, 0.2) is 48.5 Å². The Hall–Kier alpha value is -2.74. The molecule has 2 aromatic rings. The van der Waals surface area contributed by atoms with Crippen molar-refractivity contribution in [1.29, 1.82) is 10.5 Å². The second kappa shape index (κ2) is 15.3. The van der Waals surface area contributed by atoms with E-state index in [9.17, 15) is 0 Å². The van der Waals surface area contributed by atoms with Crippen LogP contribution in [0, 0.1) is 22.7 Å². The van der Waals surface area contributed by atoms with Crippen molar-refractivity contribution in [1.82, 2.24) is 10.6 Å². The minimum atomic E-state index is 0.537. The van der Waals surface area contributed by atoms with Crippen LogP contribution in [0.2, 0.25) is 0 Å². The maximum absolute atomic E-state index is 8.43. The fourth-order valence-electron chi connectivity index (χ4n) is 2.49. The largest absolute Gasteiger partial charge is 0.326 e. The van der Waals surface area contributed by atoms with Gasteiger partial charge in [-0.25, -0.2) is 0 Å². The molecule has 0 aromatic heterocycles. The van der Waals surface area contributed by atoms with Gasteiger partial charge in [-0.2, -0.15) is 10.5 Å². The van der Waals surface area contributed by atoms with Crippen molar-refractivity contribution >= 4 is 0 Å². The van der Waals surface area contributed by atoms with Crippen LogP contribution in [-0.2, 0) is 26.2 Å². The van der Waals surface area contributed by atoms with Crippen molar-refractivity contribution in [2.24, 2.45) is 11.5 Å². The molecule has 0 aliphatic heterocycles. The fraction of sp³-hybridized carbons (Fsp3) is 0.364. The van der Waals surface area contributed by atoms with E-state index in [2.05, 4.69) is 41.0 Å². The molecule has 0 amide bonds. The summed E-state index contributed by atoms with van der Waals surface area (Å²) in [5.74, 6) is 0. The Morgan fingerprint density at radius 1 is 0.679 bits per heavy atom. The van der Waals surface area contributed by atoms with Gasteiger partial charge in [0.25, 0.3) is 0 Å². The summed E-state index contributed by atoms with van der Waals surface area (Å²) in [7, 11) is 0. The SMILES string of the molecule is N#CCCNCc1cccc(CNCCC#N)c1.NCc1cccc(CN)c1. The molecule has 6 heteroatoms. The summed E-state index contributed by atoms with van der Waals surface area (Å²) in [5, 5.41) is 23.3. The lowest BCUT2D eigenvalue weighted by molar-refractivity contribution is 0.687. The van der Waals surface area contributed by atoms with Gasteiger partial charge in [-0.3, -0.25) is 0 Å². The van der Waals surface area contributed by atoms with Crippen molar-refractivity contribution < 1.29 is 0 Å². The summed E-state index contributed by atoms with van der Waals surface area (Å²) in [6, 6.07) is 20.5. The van der Waals surface area contributed by atoms with Gasteiger partial charge in [0.05, 0.1) is 12.1 Å². The Morgan fingerprint density at radius 3 is 1.46 bits per heavy atom. The molecule has 28 heavy (non-hydrogen) atoms. The Morgan fingerprint density at radius 2 is 1.07 bits per heavy atom. The zero-order chi connectivity index (χ0) is 20.5. The molecule has 0 aliphatic carbocycles. The topological polar surface area (TPSA) is 124 Å². The van der Waals surface area contributed by atoms with E-state index in [-0.39, 0.29) is 0 Å². The molecule has 0 radical (unpaired) electrons. The van der Waals surface area contributed by atoms with Gasteiger partial charge in [0.2, 0.25) is 0 Å². The van der Waals surface area contributed by atoms with Crippen molar-refractivity contribution in [2.75, 3.05) is 13.1 Å². The molecule has 2 aromatic carbocycles. The van der Waals surface area contributed by atoms with E-state index in [1.165, 1.54) is 11.1 Å². The average Bonchev–Trinajstić information content (AvgIpc) is 2.75. The van der Waals surface area contributed by atoms with Crippen molar-refractivity contribution in [3.8, 4) is 12.1 Å². The summed E-state index contributed by atoms with van der Waals surface area (Å²) in [4.78, 5) is 0. The van der Waals surface area contributed by atoms with Crippen LogP contribution in [0.4, 0.5) is 0 Å². The van der Waals surface area contributed by atoms with Gasteiger partial charge >= 0.3 is 0 Å². The standard InChI is InChI=1S/C14H18N4.C8H12N2/c15-6-2-8-17-11-13-4-1-5-14(10-13)12-18-9-3-7-16;9-5-7-2-1-3-8(4-7)6-10/h1,4-5,10,17-18H,2-3,8-9,11-12H2;1-4H,5-6,9-10H2. The number of nitrogens with one attached hydrogen (secondary N) is 2. The van der Waals surface area contributed by atoms with Crippen LogP contribution < -0.4 is 22.1 Å². The number of rotatable bonds is 10. The average molecular weight is 379 g/mol. The first-order valence-corrected chi connectivity index (χ1v) is 9.44. The minimum absolute atomic E-state index is 0.537. The highest BCUT2D eigenvalue weighted by Gasteiger charge is 1.96. The summed E-state index contributed by atoms with van der Waals surface area (Å²) in [5.41, 5.74) is 15.6. The Balaban J connectivity index is 0.000000330. The third kappa shape index (κ3) is 10.4. The van der Waals surface area contributed by atoms with E-state index >= 15 is 0 Å². The maximum atomic E-state index is 8.43. The predicted octanol–water partition coefficient (Wildman–Crippen LogP) is 2.30. The van der Waals surface area contributed by atoms with Gasteiger partial charge < -0.3 is 22.1 Å². The van der Waals surface area contributed by atoms with Crippen LogP contribution in [0.25, 0.3) is 0 Å². The molecule has 6 nitrogen and oxygen atoms in total. The zero-order valence-electron chi connectivity index (χ0n) is 16.3. The molecular weight excluding hydrogens is 348 g/mol. The van der Waals surface area contributed by atoms with Gasteiger partial charge in [-0.1, -0.05) is 48.5 Å². The van der Waals surface area contributed by atoms with E-state index in [1.807, 2.05) is 30.3 Å². The number of benzene rings is 2. The van der Waals surface area contributed by atoms with E-state index in [1.54, 1.807) is 0 Å². The highest BCUT2D eigenvalue weighted by molar-refractivity contribution is 5.23. The van der Waals surface area contributed by atoms with Crippen LogP contribution in [0.1, 0.15) is 35.1 Å². The first-order chi connectivity index (χ1) is 13.7. The van der Waals surface area contributed by atoms with Crippen molar-refractivity contribution in [3.05, 3.63) is 70.8 Å². The zero-order valence-corrected chi connectivity index (χ0v) is 16.3. The van der Waals surface area contributed by atoms with E-state index < -0.39 is 0 Å². The Kier molecular flexibility index (Phi) is 12.8. The van der Waals surface area contributed by atoms with Crippen molar-refractivity contribution in [2.45, 2.75) is 39.0 Å². The van der Waals surface area contributed by atoms with Gasteiger partial charge in [-0.05, 0) is 22.3 Å². The number of nitrogens with two attached hydrogens (primary N) is 2. The highest BCUT2D eigenvalue weighted by Crippen LogP contribution is 2.05. The monoisotopic (exact) mass is 378 g/mol.